The minimum atomic E-state index is -0.625. The fourth-order valence-corrected chi connectivity index (χ4v) is 7.97. The van der Waals surface area contributed by atoms with Crippen LogP contribution in [-0.2, 0) is 9.53 Å². The predicted molar refractivity (Wildman–Crippen MR) is 191 cm³/mol. The van der Waals surface area contributed by atoms with E-state index in [1.54, 1.807) is 37.3 Å². The van der Waals surface area contributed by atoms with Crippen molar-refractivity contribution >= 4 is 46.7 Å². The molecule has 2 amide bonds. The fraction of sp³-hybridized carbons (Fsp3) is 0.447. The summed E-state index contributed by atoms with van der Waals surface area (Å²) in [5.74, 6) is -1.52. The lowest BCUT2D eigenvalue weighted by Crippen LogP contribution is -2.54. The van der Waals surface area contributed by atoms with E-state index >= 15 is 4.39 Å². The maximum atomic E-state index is 15.4. The van der Waals surface area contributed by atoms with Gasteiger partial charge in [0.2, 0.25) is 5.91 Å². The second kappa shape index (κ2) is 15.7. The molecule has 0 aromatic heterocycles. The van der Waals surface area contributed by atoms with E-state index in [0.717, 1.165) is 56.6 Å². The Morgan fingerprint density at radius 2 is 1.84 bits per heavy atom. The number of amides is 2. The highest BCUT2D eigenvalue weighted by molar-refractivity contribution is 6.18. The summed E-state index contributed by atoms with van der Waals surface area (Å²) in [5.41, 5.74) is 4.04. The number of anilines is 3. The second-order valence-corrected chi connectivity index (χ2v) is 13.8. The normalized spacial score (nSPS) is 23.0. The van der Waals surface area contributed by atoms with Gasteiger partial charge in [-0.2, -0.15) is 0 Å². The number of aliphatic hydroxyl groups is 1. The summed E-state index contributed by atoms with van der Waals surface area (Å²) in [6, 6.07) is 17.0. The lowest BCUT2D eigenvalue weighted by atomic mass is 9.76. The average Bonchev–Trinajstić information content (AvgIpc) is 3.59. The highest BCUT2D eigenvalue weighted by Gasteiger charge is 2.50. The van der Waals surface area contributed by atoms with Crippen LogP contribution in [0.15, 0.2) is 60.7 Å². The molecule has 11 heteroatoms. The summed E-state index contributed by atoms with van der Waals surface area (Å²) in [6.07, 6.45) is 6.23. The van der Waals surface area contributed by atoms with Crippen molar-refractivity contribution in [3.05, 3.63) is 88.7 Å². The molecule has 1 aliphatic carbocycles. The van der Waals surface area contributed by atoms with Crippen LogP contribution in [0.25, 0.3) is 0 Å². The van der Waals surface area contributed by atoms with Crippen molar-refractivity contribution in [1.82, 2.24) is 4.90 Å². The number of ether oxygens (including phenoxy) is 1. The van der Waals surface area contributed by atoms with Crippen molar-refractivity contribution in [2.45, 2.75) is 69.6 Å². The Morgan fingerprint density at radius 3 is 2.53 bits per heavy atom. The molecule has 3 aromatic carbocycles. The molecule has 3 aliphatic rings. The van der Waals surface area contributed by atoms with Gasteiger partial charge in [0.05, 0.1) is 30.2 Å². The quantitative estimate of drug-likeness (QED) is 0.112. The second-order valence-electron chi connectivity index (χ2n) is 13.5. The zero-order chi connectivity index (χ0) is 34.5. The van der Waals surface area contributed by atoms with Crippen LogP contribution in [0.3, 0.4) is 0 Å². The van der Waals surface area contributed by atoms with Crippen LogP contribution in [0, 0.1) is 30.0 Å². The van der Waals surface area contributed by atoms with E-state index in [-0.39, 0.29) is 42.0 Å². The summed E-state index contributed by atoms with van der Waals surface area (Å²) in [5, 5.41) is 27.4. The number of aliphatic hydroxyl groups excluding tert-OH is 1. The number of alkyl halides is 1. The van der Waals surface area contributed by atoms with Crippen molar-refractivity contribution in [3.8, 4) is 0 Å². The van der Waals surface area contributed by atoms with Crippen LogP contribution in [0.4, 0.5) is 21.5 Å². The number of fused-ring (bicyclic) bond motifs is 1. The van der Waals surface area contributed by atoms with Crippen molar-refractivity contribution < 1.29 is 23.8 Å². The van der Waals surface area contributed by atoms with E-state index in [0.29, 0.717) is 35.0 Å². The van der Waals surface area contributed by atoms with Crippen LogP contribution in [-0.4, -0.2) is 71.9 Å². The molecule has 2 heterocycles. The van der Waals surface area contributed by atoms with Gasteiger partial charge in [-0.15, -0.1) is 11.6 Å². The van der Waals surface area contributed by atoms with Crippen molar-refractivity contribution in [1.29, 1.82) is 5.41 Å². The number of nitrogens with one attached hydrogen (secondary N) is 4. The van der Waals surface area contributed by atoms with Gasteiger partial charge in [-0.05, 0) is 92.5 Å². The van der Waals surface area contributed by atoms with Crippen LogP contribution < -0.4 is 16.0 Å². The molecule has 1 saturated carbocycles. The smallest absolute Gasteiger partial charge is 0.257 e. The molecule has 260 valence electrons. The number of piperidine rings is 1. The first-order valence-electron chi connectivity index (χ1n) is 17.2. The van der Waals surface area contributed by atoms with Gasteiger partial charge < -0.3 is 36.1 Å². The number of carbonyl (C=O) groups excluding carboxylic acids is 2. The molecule has 2 aliphatic heterocycles. The summed E-state index contributed by atoms with van der Waals surface area (Å²) in [4.78, 5) is 30.8. The Labute approximate surface area is 292 Å². The Kier molecular flexibility index (Phi) is 11.2. The SMILES string of the molecule is Cc1cccc(F)c1C(=O)N1[C@@H]2CCC[C@@H]2C[C@H](C(=O)Nc2ccc(NC(CO)CCl)c(C=N)c2)[C@@H]1c1ccc(NC2CCOCC2)cc1. The van der Waals surface area contributed by atoms with Crippen molar-refractivity contribution in [2.75, 3.05) is 41.7 Å². The number of aryl methyl sites for hydroxylation is 1. The number of benzene rings is 3. The first kappa shape index (κ1) is 34.9. The third-order valence-corrected chi connectivity index (χ3v) is 10.7. The van der Waals surface area contributed by atoms with E-state index < -0.39 is 23.7 Å². The monoisotopic (exact) mass is 689 g/mol. The number of hydrogen-bond acceptors (Lipinski definition) is 7. The van der Waals surface area contributed by atoms with Crippen LogP contribution in [0.1, 0.15) is 71.6 Å². The number of halogens is 2. The topological polar surface area (TPSA) is 127 Å². The molecule has 0 radical (unpaired) electrons. The van der Waals surface area contributed by atoms with Crippen molar-refractivity contribution in [2.24, 2.45) is 11.8 Å². The van der Waals surface area contributed by atoms with E-state index in [1.165, 1.54) is 12.3 Å². The highest BCUT2D eigenvalue weighted by Crippen LogP contribution is 2.49. The summed E-state index contributed by atoms with van der Waals surface area (Å²) in [7, 11) is 0. The first-order valence-corrected chi connectivity index (χ1v) is 17.8. The maximum absolute atomic E-state index is 15.4. The molecule has 9 nitrogen and oxygen atoms in total. The van der Waals surface area contributed by atoms with Gasteiger partial charge in [0, 0.05) is 60.0 Å². The van der Waals surface area contributed by atoms with Crippen molar-refractivity contribution in [3.63, 3.8) is 0 Å². The predicted octanol–water partition coefficient (Wildman–Crippen LogP) is 6.75. The van der Waals surface area contributed by atoms with E-state index in [2.05, 4.69) is 16.0 Å². The van der Waals surface area contributed by atoms with Crippen LogP contribution in [0.5, 0.6) is 0 Å². The minimum absolute atomic E-state index is 0.0499. The van der Waals surface area contributed by atoms with Gasteiger partial charge in [0.1, 0.15) is 5.82 Å². The number of hydrogen-bond donors (Lipinski definition) is 5. The zero-order valence-corrected chi connectivity index (χ0v) is 28.5. The van der Waals surface area contributed by atoms with Gasteiger partial charge in [0.25, 0.3) is 5.91 Å². The largest absolute Gasteiger partial charge is 0.394 e. The zero-order valence-electron chi connectivity index (χ0n) is 27.8. The molecule has 49 heavy (non-hydrogen) atoms. The summed E-state index contributed by atoms with van der Waals surface area (Å²) < 4.78 is 20.9. The maximum Gasteiger partial charge on any atom is 0.257 e. The molecule has 2 saturated heterocycles. The van der Waals surface area contributed by atoms with Crippen LogP contribution in [0.2, 0.25) is 0 Å². The van der Waals surface area contributed by atoms with E-state index in [4.69, 9.17) is 21.7 Å². The molecular formula is C38H45ClFN5O4. The molecule has 6 rings (SSSR count). The molecule has 3 fully saturated rings. The number of carbonyl (C=O) groups is 2. The van der Waals surface area contributed by atoms with Gasteiger partial charge >= 0.3 is 0 Å². The Morgan fingerprint density at radius 1 is 1.08 bits per heavy atom. The molecule has 0 bridgehead atoms. The standard InChI is InChI=1S/C38H45ClFN5O4/c1-23-4-2-6-32(40)35(23)38(48)45-34-7-3-5-25(34)19-31(36(45)24-8-10-27(11-9-24)42-28-14-16-49-17-15-28)37(47)44-29-12-13-33(26(18-29)21-41)43-30(20-39)22-46/h2,4,6,8-13,18,21,25,28,30-31,34,36,41-43,46H,3,5,7,14-17,19-20,22H2,1H3,(H,44,47)/t25-,30?,31+,34-,36+/m1/s1. The van der Waals surface area contributed by atoms with Gasteiger partial charge in [0.15, 0.2) is 0 Å². The van der Waals surface area contributed by atoms with E-state index in [9.17, 15) is 14.7 Å². The minimum Gasteiger partial charge on any atom is -0.394 e. The molecule has 5 N–H and O–H groups in total. The Bertz CT molecular complexity index is 1630. The third kappa shape index (κ3) is 7.61. The fourth-order valence-electron chi connectivity index (χ4n) is 7.80. The van der Waals surface area contributed by atoms with Gasteiger partial charge in [-0.1, -0.05) is 30.7 Å². The van der Waals surface area contributed by atoms with Crippen LogP contribution >= 0.6 is 11.6 Å². The first-order chi connectivity index (χ1) is 23.8. The highest BCUT2D eigenvalue weighted by atomic mass is 35.5. The molecule has 5 atom stereocenters. The molecular weight excluding hydrogens is 645 g/mol. The van der Waals surface area contributed by atoms with E-state index in [1.807, 2.05) is 29.2 Å². The Balaban J connectivity index is 1.35. The molecule has 3 aromatic rings. The third-order valence-electron chi connectivity index (χ3n) is 10.3. The lowest BCUT2D eigenvalue weighted by Gasteiger charge is -2.48. The lowest BCUT2D eigenvalue weighted by molar-refractivity contribution is -0.125. The summed E-state index contributed by atoms with van der Waals surface area (Å²) >= 11 is 5.95. The molecule has 0 spiro atoms. The molecule has 1 unspecified atom stereocenters. The number of rotatable bonds is 11. The Hall–Kier alpha value is -3.99. The number of nitrogens with zero attached hydrogens (tertiary/aromatic N) is 1. The van der Waals surface area contributed by atoms with Gasteiger partial charge in [-0.3, -0.25) is 9.59 Å². The average molecular weight is 690 g/mol. The summed E-state index contributed by atoms with van der Waals surface area (Å²) in [6.45, 7) is 3.03. The van der Waals surface area contributed by atoms with Gasteiger partial charge in [-0.25, -0.2) is 4.39 Å². The number of likely N-dealkylation sites (tertiary alicyclic amines) is 1.